The first-order chi connectivity index (χ1) is 11.5. The first-order valence-corrected chi connectivity index (χ1v) is 9.55. The zero-order valence-electron chi connectivity index (χ0n) is 13.5. The van der Waals surface area contributed by atoms with Crippen molar-refractivity contribution in [2.75, 3.05) is 5.75 Å². The molecule has 0 N–H and O–H groups in total. The molecule has 0 aliphatic carbocycles. The number of hydrogen-bond acceptors (Lipinski definition) is 4. The second kappa shape index (κ2) is 7.09. The predicted molar refractivity (Wildman–Crippen MR) is 92.3 cm³/mol. The number of hydrogen-bond donors (Lipinski definition) is 0. The van der Waals surface area contributed by atoms with E-state index in [9.17, 15) is 8.42 Å². The molecule has 5 heteroatoms. The molecule has 1 heterocycles. The molecule has 0 spiro atoms. The minimum absolute atomic E-state index is 0.157. The fraction of sp³-hybridized carbons (Fsp3) is 0.263. The average molecular weight is 344 g/mol. The summed E-state index contributed by atoms with van der Waals surface area (Å²) in [5, 5.41) is 0. The fourth-order valence-corrected chi connectivity index (χ4v) is 3.93. The Bertz CT molecular complexity index is 798. The normalized spacial score (nSPS) is 20.8. The summed E-state index contributed by atoms with van der Waals surface area (Å²) < 4.78 is 36.6. The molecule has 0 saturated carbocycles. The van der Waals surface area contributed by atoms with Gasteiger partial charge in [-0.15, -0.1) is 0 Å². The molecule has 1 aliphatic heterocycles. The van der Waals surface area contributed by atoms with Gasteiger partial charge in [0.25, 0.3) is 0 Å². The smallest absolute Gasteiger partial charge is 0.241 e. The quantitative estimate of drug-likeness (QED) is 0.828. The van der Waals surface area contributed by atoms with E-state index in [0.29, 0.717) is 22.8 Å². The highest BCUT2D eigenvalue weighted by Gasteiger charge is 2.26. The van der Waals surface area contributed by atoms with Crippen LogP contribution in [0, 0.1) is 5.92 Å². The Morgan fingerprint density at radius 2 is 1.67 bits per heavy atom. The van der Waals surface area contributed by atoms with E-state index in [4.69, 9.17) is 9.47 Å². The van der Waals surface area contributed by atoms with E-state index in [1.165, 1.54) is 0 Å². The van der Waals surface area contributed by atoms with Gasteiger partial charge in [-0.1, -0.05) is 43.3 Å². The average Bonchev–Trinajstić information content (AvgIpc) is 2.55. The highest BCUT2D eigenvalue weighted by molar-refractivity contribution is 7.91. The van der Waals surface area contributed by atoms with Gasteiger partial charge in [0.15, 0.2) is 9.84 Å². The van der Waals surface area contributed by atoms with Gasteiger partial charge in [0, 0.05) is 6.42 Å². The lowest BCUT2D eigenvalue weighted by molar-refractivity contribution is -0.0642. The van der Waals surface area contributed by atoms with Crippen LogP contribution in [0.3, 0.4) is 0 Å². The summed E-state index contributed by atoms with van der Waals surface area (Å²) >= 11 is 0. The van der Waals surface area contributed by atoms with Crippen LogP contribution in [-0.2, 0) is 14.6 Å². The van der Waals surface area contributed by atoms with E-state index < -0.39 is 16.1 Å². The Morgan fingerprint density at radius 1 is 1.04 bits per heavy atom. The van der Waals surface area contributed by atoms with Gasteiger partial charge in [0.2, 0.25) is 6.29 Å². The lowest BCUT2D eigenvalue weighted by Gasteiger charge is -2.28. The number of ether oxygens (including phenoxy) is 2. The van der Waals surface area contributed by atoms with Crippen molar-refractivity contribution in [2.45, 2.75) is 24.5 Å². The maximum absolute atomic E-state index is 12.5. The van der Waals surface area contributed by atoms with Crippen LogP contribution in [-0.4, -0.2) is 20.5 Å². The van der Waals surface area contributed by atoms with E-state index in [0.717, 1.165) is 0 Å². The molecule has 1 aliphatic rings. The SMILES string of the molecule is C[C@@H]1C=C(CS(=O)(=O)c2ccccc2)O[C@H](Oc2ccccc2)C1. The molecule has 0 aromatic heterocycles. The molecule has 2 atom stereocenters. The van der Waals surface area contributed by atoms with Crippen LogP contribution in [0.4, 0.5) is 0 Å². The number of benzene rings is 2. The standard InChI is InChI=1S/C19H20O4S/c1-15-12-17(14-24(20,21)18-10-6-3-7-11-18)23-19(13-15)22-16-8-4-2-5-9-16/h2-12,15,19H,13-14H2,1H3/t15-,19+/m1/s1. The number of sulfone groups is 1. The lowest BCUT2D eigenvalue weighted by atomic mass is 10.0. The van der Waals surface area contributed by atoms with Crippen LogP contribution in [0.25, 0.3) is 0 Å². The molecule has 126 valence electrons. The summed E-state index contributed by atoms with van der Waals surface area (Å²) in [6.45, 7) is 2.03. The first-order valence-electron chi connectivity index (χ1n) is 7.90. The number of para-hydroxylation sites is 1. The summed E-state index contributed by atoms with van der Waals surface area (Å²) in [6, 6.07) is 17.8. The summed E-state index contributed by atoms with van der Waals surface area (Å²) in [4.78, 5) is 0.299. The maximum atomic E-state index is 12.5. The van der Waals surface area contributed by atoms with Crippen molar-refractivity contribution in [3.05, 3.63) is 72.5 Å². The molecule has 3 rings (SSSR count). The largest absolute Gasteiger partial charge is 0.458 e. The molecule has 2 aromatic rings. The molecule has 0 fully saturated rings. The van der Waals surface area contributed by atoms with Gasteiger partial charge in [-0.2, -0.15) is 0 Å². The van der Waals surface area contributed by atoms with Crippen LogP contribution >= 0.6 is 0 Å². The third-order valence-electron chi connectivity index (χ3n) is 3.76. The molecular formula is C19H20O4S. The molecular weight excluding hydrogens is 324 g/mol. The summed E-state index contributed by atoms with van der Waals surface area (Å²) in [7, 11) is -3.43. The zero-order chi connectivity index (χ0) is 17.0. The highest BCUT2D eigenvalue weighted by atomic mass is 32.2. The van der Waals surface area contributed by atoms with Gasteiger partial charge in [0.05, 0.1) is 4.90 Å². The third kappa shape index (κ3) is 4.17. The van der Waals surface area contributed by atoms with Gasteiger partial charge >= 0.3 is 0 Å². The summed E-state index contributed by atoms with van der Waals surface area (Å²) in [5.41, 5.74) is 0. The highest BCUT2D eigenvalue weighted by Crippen LogP contribution is 2.26. The van der Waals surface area contributed by atoms with E-state index in [1.807, 2.05) is 43.3 Å². The van der Waals surface area contributed by atoms with Crippen molar-refractivity contribution in [2.24, 2.45) is 5.92 Å². The third-order valence-corrected chi connectivity index (χ3v) is 5.42. The topological polar surface area (TPSA) is 52.6 Å². The Balaban J connectivity index is 1.72. The van der Waals surface area contributed by atoms with Crippen molar-refractivity contribution >= 4 is 9.84 Å². The van der Waals surface area contributed by atoms with E-state index in [-0.39, 0.29) is 11.7 Å². The van der Waals surface area contributed by atoms with E-state index in [2.05, 4.69) is 0 Å². The number of allylic oxidation sites excluding steroid dienone is 1. The van der Waals surface area contributed by atoms with Crippen LogP contribution in [0.2, 0.25) is 0 Å². The van der Waals surface area contributed by atoms with Gasteiger partial charge in [0.1, 0.15) is 17.3 Å². The van der Waals surface area contributed by atoms with Crippen molar-refractivity contribution in [1.82, 2.24) is 0 Å². The Kier molecular flexibility index (Phi) is 4.90. The van der Waals surface area contributed by atoms with Gasteiger partial charge in [-0.05, 0) is 36.3 Å². The van der Waals surface area contributed by atoms with E-state index in [1.54, 1.807) is 30.3 Å². The summed E-state index contributed by atoms with van der Waals surface area (Å²) in [5.74, 6) is 1.18. The fourth-order valence-electron chi connectivity index (χ4n) is 2.65. The van der Waals surface area contributed by atoms with Crippen LogP contribution in [0.15, 0.2) is 77.4 Å². The second-order valence-electron chi connectivity index (χ2n) is 5.90. The Morgan fingerprint density at radius 3 is 2.33 bits per heavy atom. The minimum atomic E-state index is -3.43. The summed E-state index contributed by atoms with van der Waals surface area (Å²) in [6.07, 6.45) is 2.07. The van der Waals surface area contributed by atoms with Crippen molar-refractivity contribution in [3.8, 4) is 5.75 Å². The zero-order valence-corrected chi connectivity index (χ0v) is 14.3. The monoisotopic (exact) mass is 344 g/mol. The molecule has 0 radical (unpaired) electrons. The molecule has 0 bridgehead atoms. The molecule has 24 heavy (non-hydrogen) atoms. The lowest BCUT2D eigenvalue weighted by Crippen LogP contribution is -2.28. The molecule has 0 amide bonds. The predicted octanol–water partition coefficient (Wildman–Crippen LogP) is 3.81. The minimum Gasteiger partial charge on any atom is -0.458 e. The van der Waals surface area contributed by atoms with Gasteiger partial charge in [-0.3, -0.25) is 0 Å². The van der Waals surface area contributed by atoms with E-state index >= 15 is 0 Å². The van der Waals surface area contributed by atoms with Crippen molar-refractivity contribution in [1.29, 1.82) is 0 Å². The molecule has 0 unspecified atom stereocenters. The van der Waals surface area contributed by atoms with Gasteiger partial charge < -0.3 is 9.47 Å². The van der Waals surface area contributed by atoms with Crippen LogP contribution < -0.4 is 4.74 Å². The number of rotatable bonds is 5. The molecule has 0 saturated heterocycles. The second-order valence-corrected chi connectivity index (χ2v) is 7.89. The molecule has 4 nitrogen and oxygen atoms in total. The molecule has 2 aromatic carbocycles. The van der Waals surface area contributed by atoms with Crippen molar-refractivity contribution in [3.63, 3.8) is 0 Å². The van der Waals surface area contributed by atoms with Crippen molar-refractivity contribution < 1.29 is 17.9 Å². The first kappa shape index (κ1) is 16.6. The Hall–Kier alpha value is -2.27. The Labute approximate surface area is 142 Å². The van der Waals surface area contributed by atoms with Crippen LogP contribution in [0.5, 0.6) is 5.75 Å². The van der Waals surface area contributed by atoms with Crippen LogP contribution in [0.1, 0.15) is 13.3 Å². The maximum Gasteiger partial charge on any atom is 0.241 e. The van der Waals surface area contributed by atoms with Gasteiger partial charge in [-0.25, -0.2) is 8.42 Å².